The summed E-state index contributed by atoms with van der Waals surface area (Å²) in [6, 6.07) is 5.59. The van der Waals surface area contributed by atoms with E-state index in [-0.39, 0.29) is 6.10 Å². The SMILES string of the molecule is C=C/C(=C\C=C/C)COC1CCC(OCc2cc(N)cc(N)c2)CC1. The van der Waals surface area contributed by atoms with E-state index in [9.17, 15) is 0 Å². The number of hydrogen-bond acceptors (Lipinski definition) is 4. The van der Waals surface area contributed by atoms with Crippen LogP contribution in [0.3, 0.4) is 0 Å². The van der Waals surface area contributed by atoms with Crippen molar-refractivity contribution in [2.24, 2.45) is 0 Å². The Labute approximate surface area is 151 Å². The van der Waals surface area contributed by atoms with Crippen LogP contribution in [0.25, 0.3) is 0 Å². The molecule has 0 radical (unpaired) electrons. The van der Waals surface area contributed by atoms with Gasteiger partial charge in [-0.25, -0.2) is 0 Å². The molecule has 1 saturated carbocycles. The van der Waals surface area contributed by atoms with E-state index >= 15 is 0 Å². The molecule has 1 fully saturated rings. The van der Waals surface area contributed by atoms with Crippen molar-refractivity contribution in [1.29, 1.82) is 0 Å². The molecular weight excluding hydrogens is 312 g/mol. The molecule has 0 heterocycles. The van der Waals surface area contributed by atoms with Gasteiger partial charge in [0, 0.05) is 11.4 Å². The number of nitrogen functional groups attached to an aromatic ring is 2. The van der Waals surface area contributed by atoms with Gasteiger partial charge in [-0.05, 0) is 61.9 Å². The maximum absolute atomic E-state index is 6.02. The highest BCUT2D eigenvalue weighted by molar-refractivity contribution is 5.54. The minimum Gasteiger partial charge on any atom is -0.399 e. The maximum atomic E-state index is 6.02. The Balaban J connectivity index is 1.71. The fraction of sp³-hybridized carbons (Fsp3) is 0.429. The summed E-state index contributed by atoms with van der Waals surface area (Å²) in [5.74, 6) is 0. The summed E-state index contributed by atoms with van der Waals surface area (Å²) in [7, 11) is 0. The predicted octanol–water partition coefficient (Wildman–Crippen LogP) is 4.38. The van der Waals surface area contributed by atoms with Crippen molar-refractivity contribution in [3.05, 3.63) is 60.2 Å². The Morgan fingerprint density at radius 3 is 2.24 bits per heavy atom. The third kappa shape index (κ3) is 6.77. The summed E-state index contributed by atoms with van der Waals surface area (Å²) in [4.78, 5) is 0. The summed E-state index contributed by atoms with van der Waals surface area (Å²) >= 11 is 0. The van der Waals surface area contributed by atoms with Gasteiger partial charge in [0.2, 0.25) is 0 Å². The Kier molecular flexibility index (Phi) is 7.76. The lowest BCUT2D eigenvalue weighted by molar-refractivity contribution is -0.0315. The van der Waals surface area contributed by atoms with Crippen LogP contribution in [0.4, 0.5) is 11.4 Å². The molecule has 0 aromatic heterocycles. The lowest BCUT2D eigenvalue weighted by Crippen LogP contribution is -2.27. The molecule has 0 saturated heterocycles. The molecule has 1 aromatic rings. The zero-order chi connectivity index (χ0) is 18.1. The van der Waals surface area contributed by atoms with Crippen molar-refractivity contribution in [2.75, 3.05) is 18.1 Å². The first-order valence-corrected chi connectivity index (χ1v) is 8.93. The molecule has 0 atom stereocenters. The summed E-state index contributed by atoms with van der Waals surface area (Å²) < 4.78 is 12.0. The van der Waals surface area contributed by atoms with Crippen LogP contribution >= 0.6 is 0 Å². The van der Waals surface area contributed by atoms with Gasteiger partial charge >= 0.3 is 0 Å². The van der Waals surface area contributed by atoms with Crippen LogP contribution in [0.2, 0.25) is 0 Å². The van der Waals surface area contributed by atoms with Crippen LogP contribution in [-0.2, 0) is 16.1 Å². The third-order valence-corrected chi connectivity index (χ3v) is 4.40. The van der Waals surface area contributed by atoms with E-state index in [0.717, 1.165) is 36.8 Å². The number of allylic oxidation sites excluding steroid dienone is 3. The molecule has 4 N–H and O–H groups in total. The molecule has 2 rings (SSSR count). The highest BCUT2D eigenvalue weighted by atomic mass is 16.5. The second-order valence-corrected chi connectivity index (χ2v) is 6.50. The summed E-state index contributed by atoms with van der Waals surface area (Å²) in [5.41, 5.74) is 15.1. The molecule has 136 valence electrons. The van der Waals surface area contributed by atoms with Gasteiger partial charge in [0.15, 0.2) is 0 Å². The predicted molar refractivity (Wildman–Crippen MR) is 105 cm³/mol. The molecule has 1 aliphatic carbocycles. The van der Waals surface area contributed by atoms with Gasteiger partial charge in [0.05, 0.1) is 25.4 Å². The first kappa shape index (κ1) is 19.3. The van der Waals surface area contributed by atoms with Crippen LogP contribution in [0.1, 0.15) is 38.2 Å². The zero-order valence-electron chi connectivity index (χ0n) is 15.1. The number of anilines is 2. The highest BCUT2D eigenvalue weighted by Gasteiger charge is 2.22. The van der Waals surface area contributed by atoms with Crippen LogP contribution < -0.4 is 11.5 Å². The van der Waals surface area contributed by atoms with Gasteiger partial charge in [-0.1, -0.05) is 30.9 Å². The molecule has 4 heteroatoms. The largest absolute Gasteiger partial charge is 0.399 e. The monoisotopic (exact) mass is 342 g/mol. The lowest BCUT2D eigenvalue weighted by Gasteiger charge is -2.28. The molecule has 0 unspecified atom stereocenters. The van der Waals surface area contributed by atoms with Crippen LogP contribution in [0.5, 0.6) is 0 Å². The quantitative estimate of drug-likeness (QED) is 0.543. The van der Waals surface area contributed by atoms with Gasteiger partial charge < -0.3 is 20.9 Å². The maximum Gasteiger partial charge on any atom is 0.0722 e. The van der Waals surface area contributed by atoms with E-state index < -0.39 is 0 Å². The number of rotatable bonds is 8. The molecule has 4 nitrogen and oxygen atoms in total. The van der Waals surface area contributed by atoms with E-state index in [1.165, 1.54) is 0 Å². The molecule has 1 aliphatic rings. The van der Waals surface area contributed by atoms with Crippen molar-refractivity contribution in [3.63, 3.8) is 0 Å². The molecular formula is C21H30N2O2. The number of ether oxygens (including phenoxy) is 2. The minimum absolute atomic E-state index is 0.278. The number of hydrogen-bond donors (Lipinski definition) is 2. The normalized spacial score (nSPS) is 21.6. The topological polar surface area (TPSA) is 70.5 Å². The molecule has 0 spiro atoms. The van der Waals surface area contributed by atoms with Gasteiger partial charge in [-0.15, -0.1) is 0 Å². The van der Waals surface area contributed by atoms with Gasteiger partial charge in [0.25, 0.3) is 0 Å². The molecule has 0 bridgehead atoms. The Morgan fingerprint density at radius 2 is 1.68 bits per heavy atom. The third-order valence-electron chi connectivity index (χ3n) is 4.40. The average Bonchev–Trinajstić information content (AvgIpc) is 2.60. The van der Waals surface area contributed by atoms with E-state index in [1.807, 2.05) is 43.4 Å². The summed E-state index contributed by atoms with van der Waals surface area (Å²) in [6.07, 6.45) is 12.6. The van der Waals surface area contributed by atoms with Gasteiger partial charge in [-0.2, -0.15) is 0 Å². The van der Waals surface area contributed by atoms with Gasteiger partial charge in [0.1, 0.15) is 0 Å². The van der Waals surface area contributed by atoms with Gasteiger partial charge in [-0.3, -0.25) is 0 Å². The Morgan fingerprint density at radius 1 is 1.08 bits per heavy atom. The van der Waals surface area contributed by atoms with Crippen LogP contribution in [0.15, 0.2) is 54.7 Å². The number of benzene rings is 1. The van der Waals surface area contributed by atoms with Crippen molar-refractivity contribution in [1.82, 2.24) is 0 Å². The van der Waals surface area contributed by atoms with Crippen molar-refractivity contribution in [2.45, 2.75) is 51.4 Å². The Hall–Kier alpha value is -2.04. The standard InChI is InChI=1S/C21H30N2O2/c1-3-5-6-16(4-2)14-24-20-7-9-21(10-8-20)25-15-17-11-18(22)13-19(23)12-17/h3-6,11-13,20-21H,2,7-10,14-15,22-23H2,1H3/b5-3-,16-6+. The molecule has 25 heavy (non-hydrogen) atoms. The number of nitrogens with two attached hydrogens (primary N) is 2. The molecule has 1 aromatic carbocycles. The zero-order valence-corrected chi connectivity index (χ0v) is 15.1. The second-order valence-electron chi connectivity index (χ2n) is 6.50. The second kappa shape index (κ2) is 10.1. The van der Waals surface area contributed by atoms with E-state index in [4.69, 9.17) is 20.9 Å². The van der Waals surface area contributed by atoms with Crippen molar-refractivity contribution in [3.8, 4) is 0 Å². The molecule has 0 amide bonds. The average molecular weight is 342 g/mol. The van der Waals surface area contributed by atoms with Crippen molar-refractivity contribution >= 4 is 11.4 Å². The fourth-order valence-electron chi connectivity index (χ4n) is 3.02. The van der Waals surface area contributed by atoms with Crippen molar-refractivity contribution < 1.29 is 9.47 Å². The highest BCUT2D eigenvalue weighted by Crippen LogP contribution is 2.25. The minimum atomic E-state index is 0.278. The summed E-state index contributed by atoms with van der Waals surface area (Å²) in [6.45, 7) is 7.00. The Bertz CT molecular complexity index is 594. The van der Waals surface area contributed by atoms with E-state index in [2.05, 4.69) is 6.58 Å². The van der Waals surface area contributed by atoms with E-state index in [0.29, 0.717) is 30.7 Å². The molecule has 0 aliphatic heterocycles. The van der Waals surface area contributed by atoms with Crippen LogP contribution in [0, 0.1) is 0 Å². The van der Waals surface area contributed by atoms with E-state index in [1.54, 1.807) is 6.07 Å². The van der Waals surface area contributed by atoms with Crippen LogP contribution in [-0.4, -0.2) is 18.8 Å². The summed E-state index contributed by atoms with van der Waals surface area (Å²) in [5, 5.41) is 0. The first-order valence-electron chi connectivity index (χ1n) is 8.93. The first-order chi connectivity index (χ1) is 12.1. The smallest absolute Gasteiger partial charge is 0.0722 e. The lowest BCUT2D eigenvalue weighted by atomic mass is 9.95. The fourth-order valence-corrected chi connectivity index (χ4v) is 3.02.